The molecule has 0 aliphatic carbocycles. The van der Waals surface area contributed by atoms with Gasteiger partial charge in [0.1, 0.15) is 6.04 Å². The second-order valence-corrected chi connectivity index (χ2v) is 3.36. The minimum atomic E-state index is -0.120. The van der Waals surface area contributed by atoms with Crippen LogP contribution in [0.3, 0.4) is 0 Å². The summed E-state index contributed by atoms with van der Waals surface area (Å²) in [5.41, 5.74) is 0.0574. The highest BCUT2D eigenvalue weighted by molar-refractivity contribution is 5.81. The van der Waals surface area contributed by atoms with Gasteiger partial charge in [0.15, 0.2) is 0 Å². The van der Waals surface area contributed by atoms with E-state index in [1.807, 2.05) is 0 Å². The molecule has 0 spiro atoms. The van der Waals surface area contributed by atoms with E-state index in [-0.39, 0.29) is 17.6 Å². The van der Waals surface area contributed by atoms with Crippen molar-refractivity contribution in [3.63, 3.8) is 0 Å². The summed E-state index contributed by atoms with van der Waals surface area (Å²) in [7, 11) is 1.44. The van der Waals surface area contributed by atoms with Gasteiger partial charge in [-0.15, -0.1) is 0 Å². The first-order valence-corrected chi connectivity index (χ1v) is 4.55. The van der Waals surface area contributed by atoms with Crippen molar-refractivity contribution in [3.05, 3.63) is 0 Å². The first-order valence-electron chi connectivity index (χ1n) is 4.55. The Hall–Kier alpha value is -0.570. The first-order chi connectivity index (χ1) is 5.70. The highest BCUT2D eigenvalue weighted by atomic mass is 16.5. The van der Waals surface area contributed by atoms with Gasteiger partial charge in [-0.05, 0) is 12.8 Å². The topological polar surface area (TPSA) is 48.2 Å². The van der Waals surface area contributed by atoms with Crippen molar-refractivity contribution in [3.8, 4) is 0 Å². The van der Waals surface area contributed by atoms with Crippen LogP contribution in [0, 0.1) is 0 Å². The Bertz CT molecular complexity index is 181. The van der Waals surface area contributed by atoms with E-state index in [2.05, 4.69) is 23.9 Å². The molecule has 1 heterocycles. The quantitative estimate of drug-likeness (QED) is 0.508. The van der Waals surface area contributed by atoms with E-state index in [1.165, 1.54) is 7.11 Å². The van der Waals surface area contributed by atoms with Crippen LogP contribution in [0.1, 0.15) is 33.1 Å². The van der Waals surface area contributed by atoms with E-state index in [0.29, 0.717) is 0 Å². The van der Waals surface area contributed by atoms with E-state index in [4.69, 9.17) is 0 Å². The summed E-state index contributed by atoms with van der Waals surface area (Å²) in [4.78, 5) is 11.1. The molecule has 2 atom stereocenters. The molecule has 70 valence electrons. The maximum absolute atomic E-state index is 11.1. The fourth-order valence-electron chi connectivity index (χ4n) is 1.79. The molecule has 1 rings (SSSR count). The number of hydrogen-bond donors (Lipinski definition) is 1. The molecule has 0 radical (unpaired) electrons. The normalized spacial score (nSPS) is 33.1. The Balaban J connectivity index is 2.48. The molecule has 0 saturated carbocycles. The predicted octanol–water partition coefficient (Wildman–Crippen LogP) is 1.08. The molecule has 1 aliphatic rings. The largest absolute Gasteiger partial charge is 0.468 e. The number of esters is 1. The van der Waals surface area contributed by atoms with Crippen LogP contribution in [-0.2, 0) is 9.53 Å². The minimum absolute atomic E-state index is 0.0487. The number of methoxy groups -OCH3 is 1. The zero-order valence-corrected chi connectivity index (χ0v) is 8.02. The third kappa shape index (κ3) is 1.46. The Morgan fingerprint density at radius 1 is 1.58 bits per heavy atom. The Kier molecular flexibility index (Phi) is 2.73. The van der Waals surface area contributed by atoms with Crippen LogP contribution in [0.4, 0.5) is 0 Å². The molecule has 0 bridgehead atoms. The SMILES string of the molecule is CCC[C@]1(CC)N[C@@H]1C(=O)OC. The monoisotopic (exact) mass is 171 g/mol. The average Bonchev–Trinajstić information content (AvgIpc) is 2.80. The molecule has 1 fully saturated rings. The number of carbonyl (C=O) groups excluding carboxylic acids is 1. The number of rotatable bonds is 4. The van der Waals surface area contributed by atoms with Gasteiger partial charge < -0.3 is 4.74 Å². The second kappa shape index (κ2) is 3.44. The van der Waals surface area contributed by atoms with E-state index in [0.717, 1.165) is 19.3 Å². The van der Waals surface area contributed by atoms with Crippen LogP contribution in [0.15, 0.2) is 0 Å². The van der Waals surface area contributed by atoms with Crippen LogP contribution in [0.2, 0.25) is 0 Å². The van der Waals surface area contributed by atoms with Crippen molar-refractivity contribution in [1.82, 2.24) is 5.32 Å². The third-order valence-corrected chi connectivity index (χ3v) is 2.66. The van der Waals surface area contributed by atoms with Crippen LogP contribution >= 0.6 is 0 Å². The number of ether oxygens (including phenoxy) is 1. The van der Waals surface area contributed by atoms with Crippen LogP contribution in [0.5, 0.6) is 0 Å². The van der Waals surface area contributed by atoms with Crippen molar-refractivity contribution in [1.29, 1.82) is 0 Å². The summed E-state index contributed by atoms with van der Waals surface area (Å²) < 4.78 is 4.68. The molecule has 1 saturated heterocycles. The van der Waals surface area contributed by atoms with Crippen molar-refractivity contribution in [2.24, 2.45) is 0 Å². The highest BCUT2D eigenvalue weighted by Crippen LogP contribution is 2.35. The van der Waals surface area contributed by atoms with Gasteiger partial charge in [-0.25, -0.2) is 0 Å². The molecule has 3 nitrogen and oxygen atoms in total. The molecular weight excluding hydrogens is 154 g/mol. The number of nitrogens with one attached hydrogen (secondary N) is 1. The molecule has 1 N–H and O–H groups in total. The van der Waals surface area contributed by atoms with Crippen molar-refractivity contribution < 1.29 is 9.53 Å². The maximum atomic E-state index is 11.1. The molecule has 0 aromatic heterocycles. The average molecular weight is 171 g/mol. The Morgan fingerprint density at radius 3 is 2.67 bits per heavy atom. The van der Waals surface area contributed by atoms with Crippen molar-refractivity contribution >= 4 is 5.97 Å². The van der Waals surface area contributed by atoms with E-state index in [9.17, 15) is 4.79 Å². The van der Waals surface area contributed by atoms with E-state index in [1.54, 1.807) is 0 Å². The smallest absolute Gasteiger partial charge is 0.324 e. The summed E-state index contributed by atoms with van der Waals surface area (Å²) in [6, 6.07) is -0.0487. The van der Waals surface area contributed by atoms with Gasteiger partial charge in [-0.1, -0.05) is 20.3 Å². The number of hydrogen-bond acceptors (Lipinski definition) is 3. The van der Waals surface area contributed by atoms with Gasteiger partial charge in [0.25, 0.3) is 0 Å². The summed E-state index contributed by atoms with van der Waals surface area (Å²) >= 11 is 0. The molecule has 0 amide bonds. The predicted molar refractivity (Wildman–Crippen MR) is 46.9 cm³/mol. The standard InChI is InChI=1S/C9H17NO2/c1-4-6-9(5-2)7(10-9)8(11)12-3/h7,10H,4-6H2,1-3H3/t7-,9+/m1/s1. The van der Waals surface area contributed by atoms with Gasteiger partial charge in [0.2, 0.25) is 0 Å². The molecule has 0 aromatic carbocycles. The van der Waals surface area contributed by atoms with Crippen LogP contribution in [0.25, 0.3) is 0 Å². The number of carbonyl (C=O) groups is 1. The third-order valence-electron chi connectivity index (χ3n) is 2.66. The zero-order chi connectivity index (χ0) is 9.19. The van der Waals surface area contributed by atoms with E-state index < -0.39 is 0 Å². The summed E-state index contributed by atoms with van der Waals surface area (Å²) in [6.07, 6.45) is 3.16. The van der Waals surface area contributed by atoms with Gasteiger partial charge in [0, 0.05) is 5.54 Å². The lowest BCUT2D eigenvalue weighted by Gasteiger charge is -2.09. The Morgan fingerprint density at radius 2 is 2.25 bits per heavy atom. The van der Waals surface area contributed by atoms with Crippen LogP contribution in [-0.4, -0.2) is 24.7 Å². The van der Waals surface area contributed by atoms with Gasteiger partial charge in [-0.2, -0.15) is 0 Å². The zero-order valence-electron chi connectivity index (χ0n) is 8.02. The highest BCUT2D eigenvalue weighted by Gasteiger charge is 2.56. The fraction of sp³-hybridized carbons (Fsp3) is 0.889. The van der Waals surface area contributed by atoms with Crippen LogP contribution < -0.4 is 5.32 Å². The van der Waals surface area contributed by atoms with Gasteiger partial charge >= 0.3 is 5.97 Å². The Labute approximate surface area is 73.5 Å². The van der Waals surface area contributed by atoms with Crippen molar-refractivity contribution in [2.75, 3.05) is 7.11 Å². The minimum Gasteiger partial charge on any atom is -0.468 e. The summed E-state index contributed by atoms with van der Waals surface area (Å²) in [6.45, 7) is 4.23. The van der Waals surface area contributed by atoms with Gasteiger partial charge in [-0.3, -0.25) is 10.1 Å². The molecule has 1 aliphatic heterocycles. The summed E-state index contributed by atoms with van der Waals surface area (Å²) in [5.74, 6) is -0.120. The maximum Gasteiger partial charge on any atom is 0.324 e. The van der Waals surface area contributed by atoms with Gasteiger partial charge in [0.05, 0.1) is 7.11 Å². The molecule has 12 heavy (non-hydrogen) atoms. The lowest BCUT2D eigenvalue weighted by Crippen LogP contribution is -2.21. The molecule has 0 unspecified atom stereocenters. The fourth-order valence-corrected chi connectivity index (χ4v) is 1.79. The second-order valence-electron chi connectivity index (χ2n) is 3.36. The first kappa shape index (κ1) is 9.52. The molecule has 0 aromatic rings. The lowest BCUT2D eigenvalue weighted by atomic mass is 9.96. The molecule has 3 heteroatoms. The lowest BCUT2D eigenvalue weighted by molar-refractivity contribution is -0.140. The molecular formula is C9H17NO2. The van der Waals surface area contributed by atoms with Crippen molar-refractivity contribution in [2.45, 2.75) is 44.7 Å². The summed E-state index contributed by atoms with van der Waals surface area (Å²) in [5, 5.41) is 3.21. The van der Waals surface area contributed by atoms with E-state index >= 15 is 0 Å².